The summed E-state index contributed by atoms with van der Waals surface area (Å²) in [6, 6.07) is 10.9. The van der Waals surface area contributed by atoms with Gasteiger partial charge in [-0.3, -0.25) is 4.79 Å². The first-order chi connectivity index (χ1) is 20.3. The molecule has 4 aliphatic carbocycles. The molecular weight excluding hydrogens is 512 g/mol. The maximum atomic E-state index is 13.0. The molecule has 6 rings (SSSR count). The fraction of sp³-hybridized carbons (Fsp3) is 0.821. The third-order valence-electron chi connectivity index (χ3n) is 14.5. The predicted molar refractivity (Wildman–Crippen MR) is 175 cm³/mol. The number of carbonyl (C=O) groups is 1. The largest absolute Gasteiger partial charge is 0.350 e. The summed E-state index contributed by atoms with van der Waals surface area (Å²) in [6.45, 7) is 13.7. The zero-order valence-corrected chi connectivity index (χ0v) is 27.6. The molecule has 1 amide bonds. The lowest BCUT2D eigenvalue weighted by Gasteiger charge is -2.61. The summed E-state index contributed by atoms with van der Waals surface area (Å²) in [6.07, 6.45) is 21.7. The molecule has 3 nitrogen and oxygen atoms in total. The maximum Gasteiger partial charge on any atom is 0.220 e. The molecule has 3 heteroatoms. The molecule has 5 aliphatic rings. The number of benzene rings is 1. The van der Waals surface area contributed by atoms with Crippen LogP contribution < -0.4 is 5.32 Å². The number of hydrogen-bond acceptors (Lipinski definition) is 1. The molecule has 2 unspecified atom stereocenters. The highest BCUT2D eigenvalue weighted by Crippen LogP contribution is 2.68. The summed E-state index contributed by atoms with van der Waals surface area (Å²) in [5.74, 6) is 5.72. The smallest absolute Gasteiger partial charge is 0.220 e. The summed E-state index contributed by atoms with van der Waals surface area (Å²) >= 11 is 0. The molecule has 4 saturated carbocycles. The van der Waals surface area contributed by atoms with Gasteiger partial charge in [0.25, 0.3) is 0 Å². The van der Waals surface area contributed by atoms with Gasteiger partial charge in [-0.2, -0.15) is 0 Å². The van der Waals surface area contributed by atoms with Crippen LogP contribution in [-0.2, 0) is 11.2 Å². The van der Waals surface area contributed by atoms with E-state index in [0.717, 1.165) is 55.5 Å². The maximum absolute atomic E-state index is 13.0. The highest BCUT2D eigenvalue weighted by Gasteiger charge is 2.60. The van der Waals surface area contributed by atoms with E-state index in [2.05, 4.69) is 56.4 Å². The monoisotopic (exact) mass is 575 g/mol. The molecule has 0 aromatic heterocycles. The molecule has 1 aromatic rings. The van der Waals surface area contributed by atoms with Gasteiger partial charge in [-0.15, -0.1) is 0 Å². The molecule has 1 heterocycles. The van der Waals surface area contributed by atoms with Crippen LogP contribution in [0, 0.1) is 46.3 Å². The highest BCUT2D eigenvalue weighted by atomic mass is 16.1. The van der Waals surface area contributed by atoms with Crippen LogP contribution in [0.25, 0.3) is 0 Å². The zero-order valence-electron chi connectivity index (χ0n) is 27.6. The first-order valence-electron chi connectivity index (χ1n) is 18.5. The van der Waals surface area contributed by atoms with Crippen molar-refractivity contribution in [2.75, 3.05) is 32.7 Å². The summed E-state index contributed by atoms with van der Waals surface area (Å²) in [5.41, 5.74) is 2.61. The quantitative estimate of drug-likeness (QED) is 0.262. The van der Waals surface area contributed by atoms with Crippen LogP contribution in [0.2, 0.25) is 0 Å². The van der Waals surface area contributed by atoms with Crippen molar-refractivity contribution in [2.24, 2.45) is 46.3 Å². The van der Waals surface area contributed by atoms with Gasteiger partial charge in [0, 0.05) is 25.7 Å². The highest BCUT2D eigenvalue weighted by molar-refractivity contribution is 5.75. The van der Waals surface area contributed by atoms with E-state index in [1.54, 1.807) is 0 Å². The Kier molecular flexibility index (Phi) is 9.45. The molecule has 0 bridgehead atoms. The Morgan fingerprint density at radius 3 is 2.48 bits per heavy atom. The number of likely N-dealkylation sites (tertiary alicyclic amines) is 1. The minimum absolute atomic E-state index is 0.301. The number of nitrogens with zero attached hydrogens (tertiary/aromatic N) is 1. The van der Waals surface area contributed by atoms with Crippen molar-refractivity contribution in [3.63, 3.8) is 0 Å². The van der Waals surface area contributed by atoms with Crippen LogP contribution >= 0.6 is 0 Å². The Morgan fingerprint density at radius 2 is 1.67 bits per heavy atom. The lowest BCUT2D eigenvalue weighted by atomic mass is 9.44. The predicted octanol–water partition coefficient (Wildman–Crippen LogP) is 8.81. The molecule has 8 atom stereocenters. The second kappa shape index (κ2) is 12.9. The molecular formula is C39H63N2O+. The van der Waals surface area contributed by atoms with Crippen LogP contribution in [0.5, 0.6) is 0 Å². The second-order valence-electron chi connectivity index (χ2n) is 16.5. The van der Waals surface area contributed by atoms with Gasteiger partial charge >= 0.3 is 0 Å². The first-order valence-corrected chi connectivity index (χ1v) is 18.5. The van der Waals surface area contributed by atoms with Gasteiger partial charge in [0.1, 0.15) is 0 Å². The minimum Gasteiger partial charge on any atom is -0.350 e. The SMILES string of the molecule is CC(CCC(=O)NCC[N+]1(CCCc2ccccc2)CCCC1)[C@H]1CC[C@H]2[C@@H]3CCC4CCCC[C@]4(C)[C@H]3CC[C@]12C. The van der Waals surface area contributed by atoms with E-state index in [1.807, 2.05) is 0 Å². The van der Waals surface area contributed by atoms with Crippen LogP contribution in [0.15, 0.2) is 30.3 Å². The van der Waals surface area contributed by atoms with Gasteiger partial charge in [-0.25, -0.2) is 0 Å². The Morgan fingerprint density at radius 1 is 0.881 bits per heavy atom. The van der Waals surface area contributed by atoms with Crippen LogP contribution in [0.1, 0.15) is 123 Å². The molecule has 5 fully saturated rings. The van der Waals surface area contributed by atoms with Crippen molar-refractivity contribution in [1.82, 2.24) is 5.32 Å². The van der Waals surface area contributed by atoms with Crippen molar-refractivity contribution < 1.29 is 9.28 Å². The summed E-state index contributed by atoms with van der Waals surface area (Å²) < 4.78 is 1.22. The van der Waals surface area contributed by atoms with E-state index in [1.165, 1.54) is 120 Å². The van der Waals surface area contributed by atoms with E-state index < -0.39 is 0 Å². The molecule has 0 spiro atoms. The van der Waals surface area contributed by atoms with Gasteiger partial charge in [0.05, 0.1) is 32.7 Å². The standard InChI is InChI=1S/C39H62N2O/c1-30(16-21-37(42)40-25-29-41(26-9-10-27-41)28-11-14-31-12-5-4-6-13-31)34-19-20-35-33-18-17-32-15-7-8-23-38(32,2)36(33)22-24-39(34,35)3/h4-6,12-13,30,32-36H,7-11,14-29H2,1-3H3/p+1/t30?,32?,33-,34+,35-,36-,38-,39+/m0/s1. The Bertz CT molecular complexity index is 1030. The van der Waals surface area contributed by atoms with Crippen molar-refractivity contribution in [3.8, 4) is 0 Å². The van der Waals surface area contributed by atoms with Crippen LogP contribution in [0.4, 0.5) is 0 Å². The van der Waals surface area contributed by atoms with Crippen LogP contribution in [-0.4, -0.2) is 43.1 Å². The number of fused-ring (bicyclic) bond motifs is 5. The second-order valence-corrected chi connectivity index (χ2v) is 16.5. The molecule has 1 saturated heterocycles. The summed E-state index contributed by atoms with van der Waals surface area (Å²) in [4.78, 5) is 13.0. The summed E-state index contributed by atoms with van der Waals surface area (Å²) in [5, 5.41) is 3.37. The third kappa shape index (κ3) is 6.12. The number of aryl methyl sites for hydroxylation is 1. The van der Waals surface area contributed by atoms with Crippen molar-refractivity contribution in [1.29, 1.82) is 0 Å². The van der Waals surface area contributed by atoms with Gasteiger partial charge in [0.15, 0.2) is 0 Å². The normalized spacial score (nSPS) is 37.8. The van der Waals surface area contributed by atoms with E-state index in [-0.39, 0.29) is 0 Å². The Balaban J connectivity index is 0.956. The van der Waals surface area contributed by atoms with E-state index >= 15 is 0 Å². The van der Waals surface area contributed by atoms with Gasteiger partial charge in [-0.05, 0) is 116 Å². The lowest BCUT2D eigenvalue weighted by molar-refractivity contribution is -0.915. The number of carbonyl (C=O) groups excluding carboxylic acids is 1. The number of hydrogen-bond donors (Lipinski definition) is 1. The molecule has 1 aromatic carbocycles. The number of rotatable bonds is 11. The van der Waals surface area contributed by atoms with E-state index in [9.17, 15) is 4.79 Å². The van der Waals surface area contributed by atoms with Crippen molar-refractivity contribution in [3.05, 3.63) is 35.9 Å². The molecule has 234 valence electrons. The van der Waals surface area contributed by atoms with Gasteiger partial charge < -0.3 is 9.80 Å². The fourth-order valence-electron chi connectivity index (χ4n) is 12.2. The zero-order chi connectivity index (χ0) is 29.2. The third-order valence-corrected chi connectivity index (χ3v) is 14.5. The number of quaternary nitrogens is 1. The molecule has 0 radical (unpaired) electrons. The summed E-state index contributed by atoms with van der Waals surface area (Å²) in [7, 11) is 0. The number of nitrogens with one attached hydrogen (secondary N) is 1. The average molecular weight is 576 g/mol. The molecule has 1 N–H and O–H groups in total. The minimum atomic E-state index is 0.301. The molecule has 42 heavy (non-hydrogen) atoms. The fourth-order valence-corrected chi connectivity index (χ4v) is 12.2. The Hall–Kier alpha value is -1.35. The van der Waals surface area contributed by atoms with E-state index in [0.29, 0.717) is 22.7 Å². The number of amides is 1. The van der Waals surface area contributed by atoms with Gasteiger partial charge in [-0.1, -0.05) is 63.9 Å². The van der Waals surface area contributed by atoms with Gasteiger partial charge in [0.2, 0.25) is 5.91 Å². The van der Waals surface area contributed by atoms with Crippen LogP contribution in [0.3, 0.4) is 0 Å². The lowest BCUT2D eigenvalue weighted by Crippen LogP contribution is -2.53. The van der Waals surface area contributed by atoms with Crippen molar-refractivity contribution >= 4 is 5.91 Å². The average Bonchev–Trinajstić information content (AvgIpc) is 3.60. The topological polar surface area (TPSA) is 29.1 Å². The first kappa shape index (κ1) is 30.7. The van der Waals surface area contributed by atoms with E-state index in [4.69, 9.17) is 0 Å². The Labute approximate surface area is 258 Å². The molecule has 1 aliphatic heterocycles. The van der Waals surface area contributed by atoms with Crippen molar-refractivity contribution in [2.45, 2.75) is 124 Å².